The van der Waals surface area contributed by atoms with Gasteiger partial charge in [-0.1, -0.05) is 11.6 Å². The number of methoxy groups -OCH3 is 1. The Kier molecular flexibility index (Phi) is 5.10. The van der Waals surface area contributed by atoms with Crippen molar-refractivity contribution < 1.29 is 14.3 Å². The Morgan fingerprint density at radius 1 is 1.33 bits per heavy atom. The van der Waals surface area contributed by atoms with Crippen LogP contribution in [0.2, 0.25) is 5.02 Å². The van der Waals surface area contributed by atoms with Crippen molar-refractivity contribution in [2.75, 3.05) is 25.1 Å². The number of nitrogens with zero attached hydrogens (tertiary/aromatic N) is 2. The van der Waals surface area contributed by atoms with Gasteiger partial charge in [0.2, 0.25) is 11.8 Å². The van der Waals surface area contributed by atoms with Crippen LogP contribution >= 0.6 is 22.9 Å². The monoisotopic (exact) mass is 404 g/mol. The van der Waals surface area contributed by atoms with Gasteiger partial charge in [-0.25, -0.2) is 0 Å². The average molecular weight is 405 g/mol. The fourth-order valence-corrected chi connectivity index (χ4v) is 4.93. The maximum Gasteiger partial charge on any atom is 0.228 e. The van der Waals surface area contributed by atoms with Crippen molar-refractivity contribution in [1.29, 1.82) is 0 Å². The van der Waals surface area contributed by atoms with Crippen molar-refractivity contribution in [2.24, 2.45) is 5.92 Å². The Morgan fingerprint density at radius 2 is 2.19 bits per heavy atom. The summed E-state index contributed by atoms with van der Waals surface area (Å²) in [6.07, 6.45) is 2.20. The number of ether oxygens (including phenoxy) is 1. The molecule has 1 aromatic carbocycles. The van der Waals surface area contributed by atoms with Gasteiger partial charge in [-0.05, 0) is 53.4 Å². The van der Waals surface area contributed by atoms with Crippen LogP contribution in [0, 0.1) is 5.92 Å². The van der Waals surface area contributed by atoms with Gasteiger partial charge < -0.3 is 14.5 Å². The van der Waals surface area contributed by atoms with Gasteiger partial charge in [0.05, 0.1) is 24.8 Å². The van der Waals surface area contributed by atoms with Crippen LogP contribution in [0.1, 0.15) is 30.9 Å². The molecule has 0 radical (unpaired) electrons. The molecule has 2 aliphatic heterocycles. The number of rotatable bonds is 4. The number of halogens is 1. The molecule has 7 heteroatoms. The molecular formula is C20H21ClN2O3S. The molecular weight excluding hydrogens is 384 g/mol. The highest BCUT2D eigenvalue weighted by Gasteiger charge is 2.41. The fraction of sp³-hybridized carbons (Fsp3) is 0.400. The van der Waals surface area contributed by atoms with Gasteiger partial charge in [0.15, 0.2) is 0 Å². The van der Waals surface area contributed by atoms with Crippen LogP contribution in [0.3, 0.4) is 0 Å². The molecule has 2 saturated heterocycles. The van der Waals surface area contributed by atoms with E-state index in [2.05, 4.69) is 11.4 Å². The van der Waals surface area contributed by atoms with Crippen molar-refractivity contribution >= 4 is 40.4 Å². The highest BCUT2D eigenvalue weighted by molar-refractivity contribution is 7.08. The van der Waals surface area contributed by atoms with Gasteiger partial charge in [-0.2, -0.15) is 11.3 Å². The van der Waals surface area contributed by atoms with E-state index in [9.17, 15) is 9.59 Å². The molecule has 0 spiro atoms. The Morgan fingerprint density at radius 3 is 2.93 bits per heavy atom. The molecule has 0 bridgehead atoms. The van der Waals surface area contributed by atoms with Gasteiger partial charge in [-0.15, -0.1) is 0 Å². The van der Waals surface area contributed by atoms with Crippen LogP contribution < -0.4 is 9.64 Å². The average Bonchev–Trinajstić information content (AvgIpc) is 3.41. The first kappa shape index (κ1) is 18.3. The topological polar surface area (TPSA) is 49.9 Å². The van der Waals surface area contributed by atoms with Crippen molar-refractivity contribution in [2.45, 2.75) is 25.3 Å². The summed E-state index contributed by atoms with van der Waals surface area (Å²) in [5.74, 6) is 0.249. The normalized spacial score (nSPS) is 22.5. The van der Waals surface area contributed by atoms with Gasteiger partial charge in [0.25, 0.3) is 0 Å². The zero-order valence-electron chi connectivity index (χ0n) is 15.1. The maximum atomic E-state index is 13.2. The highest BCUT2D eigenvalue weighted by Crippen LogP contribution is 2.38. The molecule has 2 atom stereocenters. The molecule has 2 fully saturated rings. The number of hydrogen-bond donors (Lipinski definition) is 0. The minimum atomic E-state index is -0.333. The van der Waals surface area contributed by atoms with Crippen molar-refractivity contribution in [3.63, 3.8) is 0 Å². The Balaban J connectivity index is 1.54. The lowest BCUT2D eigenvalue weighted by atomic mass is 10.0. The minimum Gasteiger partial charge on any atom is -0.495 e. The summed E-state index contributed by atoms with van der Waals surface area (Å²) < 4.78 is 5.38. The molecule has 0 aliphatic carbocycles. The summed E-state index contributed by atoms with van der Waals surface area (Å²) in [4.78, 5) is 29.4. The van der Waals surface area contributed by atoms with Gasteiger partial charge in [0, 0.05) is 24.5 Å². The summed E-state index contributed by atoms with van der Waals surface area (Å²) in [6.45, 7) is 1.12. The van der Waals surface area contributed by atoms with Gasteiger partial charge in [-0.3, -0.25) is 9.59 Å². The first-order chi connectivity index (χ1) is 13.1. The molecule has 27 heavy (non-hydrogen) atoms. The minimum absolute atomic E-state index is 0.0693. The molecule has 0 N–H and O–H groups in total. The summed E-state index contributed by atoms with van der Waals surface area (Å²) >= 11 is 7.76. The molecule has 1 aromatic heterocycles. The second-order valence-electron chi connectivity index (χ2n) is 6.97. The van der Waals surface area contributed by atoms with Crippen LogP contribution in [0.5, 0.6) is 5.75 Å². The summed E-state index contributed by atoms with van der Waals surface area (Å²) in [5.41, 5.74) is 1.82. The van der Waals surface area contributed by atoms with E-state index in [1.165, 1.54) is 5.56 Å². The zero-order chi connectivity index (χ0) is 19.0. The predicted octanol–water partition coefficient (Wildman–Crippen LogP) is 4.13. The predicted molar refractivity (Wildman–Crippen MR) is 106 cm³/mol. The molecule has 3 heterocycles. The van der Waals surface area contributed by atoms with Crippen molar-refractivity contribution in [1.82, 2.24) is 4.90 Å². The van der Waals surface area contributed by atoms with Crippen LogP contribution in [0.4, 0.5) is 5.69 Å². The number of hydrogen-bond acceptors (Lipinski definition) is 4. The second kappa shape index (κ2) is 7.52. The van der Waals surface area contributed by atoms with E-state index >= 15 is 0 Å². The first-order valence-corrected chi connectivity index (χ1v) is 10.4. The number of likely N-dealkylation sites (tertiary alicyclic amines) is 1. The molecule has 5 nitrogen and oxygen atoms in total. The van der Waals surface area contributed by atoms with E-state index in [0.717, 1.165) is 19.4 Å². The van der Waals surface area contributed by atoms with Gasteiger partial charge in [0.1, 0.15) is 5.75 Å². The number of carbonyl (C=O) groups is 2. The van der Waals surface area contributed by atoms with E-state index in [1.807, 2.05) is 10.3 Å². The number of anilines is 1. The molecule has 2 aliphatic rings. The second-order valence-corrected chi connectivity index (χ2v) is 8.18. The zero-order valence-corrected chi connectivity index (χ0v) is 16.6. The molecule has 2 amide bonds. The maximum absolute atomic E-state index is 13.2. The number of thiophene rings is 1. The van der Waals surface area contributed by atoms with Crippen LogP contribution in [-0.4, -0.2) is 36.9 Å². The number of benzene rings is 1. The standard InChI is InChI=1S/C20H21ClN2O3S/c1-26-18-5-4-15(21)10-17(18)23-11-14(9-19(23)24)20(25)22-7-2-3-16(22)13-6-8-27-12-13/h4-6,8,10,12,14,16H,2-3,7,9,11H2,1H3. The van der Waals surface area contributed by atoms with Crippen LogP contribution in [0.15, 0.2) is 35.0 Å². The van der Waals surface area contributed by atoms with E-state index in [4.69, 9.17) is 16.3 Å². The van der Waals surface area contributed by atoms with Gasteiger partial charge >= 0.3 is 0 Å². The molecule has 142 valence electrons. The van der Waals surface area contributed by atoms with Crippen LogP contribution in [-0.2, 0) is 9.59 Å². The van der Waals surface area contributed by atoms with Crippen LogP contribution in [0.25, 0.3) is 0 Å². The van der Waals surface area contributed by atoms with E-state index in [0.29, 0.717) is 23.0 Å². The SMILES string of the molecule is COc1ccc(Cl)cc1N1CC(C(=O)N2CCCC2c2ccsc2)CC1=O. The summed E-state index contributed by atoms with van der Waals surface area (Å²) in [5, 5.41) is 4.69. The molecule has 0 saturated carbocycles. The number of carbonyl (C=O) groups excluding carboxylic acids is 2. The smallest absolute Gasteiger partial charge is 0.228 e. The third kappa shape index (κ3) is 3.44. The third-order valence-electron chi connectivity index (χ3n) is 5.37. The van der Waals surface area contributed by atoms with E-state index < -0.39 is 0 Å². The Hall–Kier alpha value is -2.05. The Bertz CT molecular complexity index is 855. The quantitative estimate of drug-likeness (QED) is 0.769. The van der Waals surface area contributed by atoms with Crippen molar-refractivity contribution in [3.05, 3.63) is 45.6 Å². The molecule has 2 aromatic rings. The number of amides is 2. The first-order valence-electron chi connectivity index (χ1n) is 9.05. The molecule has 2 unspecified atom stereocenters. The lowest BCUT2D eigenvalue weighted by molar-refractivity contribution is -0.136. The lowest BCUT2D eigenvalue weighted by Gasteiger charge is -2.27. The third-order valence-corrected chi connectivity index (χ3v) is 6.31. The van der Waals surface area contributed by atoms with E-state index in [-0.39, 0.29) is 30.2 Å². The fourth-order valence-electron chi connectivity index (χ4n) is 4.06. The largest absolute Gasteiger partial charge is 0.495 e. The van der Waals surface area contributed by atoms with Crippen molar-refractivity contribution in [3.8, 4) is 5.75 Å². The summed E-state index contributed by atoms with van der Waals surface area (Å²) in [7, 11) is 1.56. The molecule has 4 rings (SSSR count). The Labute approximate surface area is 167 Å². The highest BCUT2D eigenvalue weighted by atomic mass is 35.5. The summed E-state index contributed by atoms with van der Waals surface area (Å²) in [6, 6.07) is 7.41. The van der Waals surface area contributed by atoms with E-state index in [1.54, 1.807) is 41.5 Å². The lowest BCUT2D eigenvalue weighted by Crippen LogP contribution is -2.37.